The molecule has 0 aliphatic heterocycles. The first-order chi connectivity index (χ1) is 10.2. The average Bonchev–Trinajstić information content (AvgIpc) is 2.49. The van der Waals surface area contributed by atoms with E-state index >= 15 is 0 Å². The number of aryl methyl sites for hydroxylation is 2. The summed E-state index contributed by atoms with van der Waals surface area (Å²) in [5.41, 5.74) is 3.74. The summed E-state index contributed by atoms with van der Waals surface area (Å²) in [5.74, 6) is -0.160. The van der Waals surface area contributed by atoms with Crippen molar-refractivity contribution in [2.75, 3.05) is 6.54 Å². The molecule has 0 fully saturated rings. The van der Waals surface area contributed by atoms with Gasteiger partial charge in [-0.1, -0.05) is 43.3 Å². The molecular weight excluding hydrogens is 261 g/mol. The quantitative estimate of drug-likeness (QED) is 0.770. The fourth-order valence-corrected chi connectivity index (χ4v) is 2.62. The van der Waals surface area contributed by atoms with Gasteiger partial charge in [0.25, 0.3) is 0 Å². The van der Waals surface area contributed by atoms with Crippen LogP contribution in [0.4, 0.5) is 4.39 Å². The summed E-state index contributed by atoms with van der Waals surface area (Å²) in [4.78, 5) is 0. The summed E-state index contributed by atoms with van der Waals surface area (Å²) in [5, 5.41) is 3.54. The van der Waals surface area contributed by atoms with Gasteiger partial charge in [0.2, 0.25) is 0 Å². The minimum atomic E-state index is -0.160. The minimum absolute atomic E-state index is 0.160. The highest BCUT2D eigenvalue weighted by Crippen LogP contribution is 2.21. The second-order valence-corrected chi connectivity index (χ2v) is 5.53. The van der Waals surface area contributed by atoms with E-state index < -0.39 is 0 Å². The monoisotopic (exact) mass is 285 g/mol. The maximum atomic E-state index is 13.4. The highest BCUT2D eigenvalue weighted by atomic mass is 19.1. The van der Waals surface area contributed by atoms with Crippen molar-refractivity contribution in [1.29, 1.82) is 0 Å². The summed E-state index contributed by atoms with van der Waals surface area (Å²) in [6.07, 6.45) is 3.06. The first-order valence-electron chi connectivity index (χ1n) is 7.74. The number of hydrogen-bond acceptors (Lipinski definition) is 1. The van der Waals surface area contributed by atoms with Crippen LogP contribution in [0.25, 0.3) is 0 Å². The number of halogens is 1. The van der Waals surface area contributed by atoms with Crippen LogP contribution in [0.2, 0.25) is 0 Å². The van der Waals surface area contributed by atoms with Crippen molar-refractivity contribution in [2.45, 2.75) is 39.2 Å². The summed E-state index contributed by atoms with van der Waals surface area (Å²) in [6.45, 7) is 5.25. The van der Waals surface area contributed by atoms with Crippen molar-refractivity contribution in [1.82, 2.24) is 5.32 Å². The van der Waals surface area contributed by atoms with Crippen molar-refractivity contribution in [3.8, 4) is 0 Å². The lowest BCUT2D eigenvalue weighted by molar-refractivity contribution is 0.495. The van der Waals surface area contributed by atoms with Crippen LogP contribution in [0.5, 0.6) is 0 Å². The van der Waals surface area contributed by atoms with Crippen LogP contribution >= 0.6 is 0 Å². The Labute approximate surface area is 127 Å². The van der Waals surface area contributed by atoms with Gasteiger partial charge in [0.05, 0.1) is 0 Å². The van der Waals surface area contributed by atoms with E-state index in [0.29, 0.717) is 0 Å². The molecule has 0 spiro atoms. The zero-order valence-corrected chi connectivity index (χ0v) is 12.9. The fourth-order valence-electron chi connectivity index (χ4n) is 2.62. The van der Waals surface area contributed by atoms with Crippen LogP contribution in [0.3, 0.4) is 0 Å². The van der Waals surface area contributed by atoms with Gasteiger partial charge in [-0.3, -0.25) is 0 Å². The zero-order valence-electron chi connectivity index (χ0n) is 12.9. The Morgan fingerprint density at radius 2 is 1.90 bits per heavy atom. The van der Waals surface area contributed by atoms with E-state index in [1.54, 1.807) is 12.1 Å². The number of hydrogen-bond donors (Lipinski definition) is 1. The molecule has 2 aromatic carbocycles. The van der Waals surface area contributed by atoms with Crippen molar-refractivity contribution in [3.05, 3.63) is 71.0 Å². The van der Waals surface area contributed by atoms with Crippen molar-refractivity contribution in [3.63, 3.8) is 0 Å². The Balaban J connectivity index is 2.08. The van der Waals surface area contributed by atoms with Crippen molar-refractivity contribution < 1.29 is 4.39 Å². The van der Waals surface area contributed by atoms with E-state index in [4.69, 9.17) is 0 Å². The predicted molar refractivity (Wildman–Crippen MR) is 86.9 cm³/mol. The van der Waals surface area contributed by atoms with Crippen LogP contribution in [0.1, 0.15) is 42.5 Å². The molecule has 2 heteroatoms. The van der Waals surface area contributed by atoms with Gasteiger partial charge in [0.1, 0.15) is 5.82 Å². The molecule has 2 rings (SSSR count). The van der Waals surface area contributed by atoms with Crippen LogP contribution < -0.4 is 5.32 Å². The lowest BCUT2D eigenvalue weighted by atomic mass is 9.96. The van der Waals surface area contributed by atoms with Gasteiger partial charge in [-0.25, -0.2) is 4.39 Å². The third-order valence-electron chi connectivity index (χ3n) is 3.86. The number of benzene rings is 2. The maximum absolute atomic E-state index is 13.4. The largest absolute Gasteiger partial charge is 0.310 e. The average molecular weight is 285 g/mol. The summed E-state index contributed by atoms with van der Waals surface area (Å²) < 4.78 is 13.4. The molecule has 2 aromatic rings. The Bertz CT molecular complexity index is 565. The van der Waals surface area contributed by atoms with Crippen molar-refractivity contribution in [2.24, 2.45) is 0 Å². The van der Waals surface area contributed by atoms with E-state index in [1.165, 1.54) is 17.2 Å². The molecule has 0 heterocycles. The highest BCUT2D eigenvalue weighted by Gasteiger charge is 2.12. The first-order valence-corrected chi connectivity index (χ1v) is 7.74. The number of rotatable bonds is 7. The molecule has 1 nitrogen and oxygen atoms in total. The molecule has 0 radical (unpaired) electrons. The van der Waals surface area contributed by atoms with Crippen LogP contribution in [-0.2, 0) is 6.42 Å². The van der Waals surface area contributed by atoms with Gasteiger partial charge in [0, 0.05) is 6.04 Å². The van der Waals surface area contributed by atoms with Gasteiger partial charge < -0.3 is 5.32 Å². The van der Waals surface area contributed by atoms with E-state index in [-0.39, 0.29) is 11.9 Å². The van der Waals surface area contributed by atoms with Gasteiger partial charge in [0.15, 0.2) is 0 Å². The lowest BCUT2D eigenvalue weighted by Crippen LogP contribution is -2.23. The van der Waals surface area contributed by atoms with E-state index in [1.807, 2.05) is 6.07 Å². The standard InChI is InChI=1S/C19H24FN/c1-3-13-21-19(17-9-6-10-18(20)14-17)12-11-16-8-5-4-7-15(16)2/h4-10,14,19,21H,3,11-13H2,1-2H3. The molecule has 1 N–H and O–H groups in total. The van der Waals surface area contributed by atoms with Crippen molar-refractivity contribution >= 4 is 0 Å². The molecule has 0 saturated carbocycles. The summed E-state index contributed by atoms with van der Waals surface area (Å²) in [6, 6.07) is 15.6. The van der Waals surface area contributed by atoms with Gasteiger partial charge in [-0.2, -0.15) is 0 Å². The molecule has 1 atom stereocenters. The van der Waals surface area contributed by atoms with E-state index in [0.717, 1.165) is 31.4 Å². The van der Waals surface area contributed by atoms with Crippen LogP contribution in [0, 0.1) is 12.7 Å². The third-order valence-corrected chi connectivity index (χ3v) is 3.86. The molecule has 112 valence electrons. The molecule has 21 heavy (non-hydrogen) atoms. The molecule has 0 aliphatic carbocycles. The van der Waals surface area contributed by atoms with Crippen LogP contribution in [0.15, 0.2) is 48.5 Å². The molecule has 0 saturated heterocycles. The molecule has 0 aliphatic rings. The Hall–Kier alpha value is -1.67. The fraction of sp³-hybridized carbons (Fsp3) is 0.368. The molecule has 0 amide bonds. The predicted octanol–water partition coefficient (Wildman–Crippen LogP) is 4.81. The second-order valence-electron chi connectivity index (χ2n) is 5.53. The normalized spacial score (nSPS) is 12.3. The molecular formula is C19H24FN. The maximum Gasteiger partial charge on any atom is 0.123 e. The second kappa shape index (κ2) is 7.94. The minimum Gasteiger partial charge on any atom is -0.310 e. The van der Waals surface area contributed by atoms with E-state index in [2.05, 4.69) is 43.4 Å². The lowest BCUT2D eigenvalue weighted by Gasteiger charge is -2.19. The van der Waals surface area contributed by atoms with Gasteiger partial charge in [-0.05, 0) is 61.6 Å². The molecule has 0 bridgehead atoms. The highest BCUT2D eigenvalue weighted by molar-refractivity contribution is 5.26. The first kappa shape index (κ1) is 15.7. The smallest absolute Gasteiger partial charge is 0.123 e. The zero-order chi connectivity index (χ0) is 15.1. The van der Waals surface area contributed by atoms with Gasteiger partial charge >= 0.3 is 0 Å². The van der Waals surface area contributed by atoms with Gasteiger partial charge in [-0.15, -0.1) is 0 Å². The number of nitrogens with one attached hydrogen (secondary N) is 1. The third kappa shape index (κ3) is 4.68. The Morgan fingerprint density at radius 3 is 2.62 bits per heavy atom. The Kier molecular flexibility index (Phi) is 5.94. The van der Waals surface area contributed by atoms with E-state index in [9.17, 15) is 4.39 Å². The Morgan fingerprint density at radius 1 is 1.10 bits per heavy atom. The molecule has 0 aromatic heterocycles. The molecule has 1 unspecified atom stereocenters. The summed E-state index contributed by atoms with van der Waals surface area (Å²) >= 11 is 0. The SMILES string of the molecule is CCCNC(CCc1ccccc1C)c1cccc(F)c1. The topological polar surface area (TPSA) is 12.0 Å². The summed E-state index contributed by atoms with van der Waals surface area (Å²) in [7, 11) is 0. The van der Waals surface area contributed by atoms with Crippen LogP contribution in [-0.4, -0.2) is 6.54 Å².